The molecule has 1 fully saturated rings. The summed E-state index contributed by atoms with van der Waals surface area (Å²) in [5.41, 5.74) is 0.903. The molecule has 1 amide bonds. The summed E-state index contributed by atoms with van der Waals surface area (Å²) in [5, 5.41) is 13.6. The smallest absolute Gasteiger partial charge is 0.309 e. The van der Waals surface area contributed by atoms with Crippen molar-refractivity contribution in [2.45, 2.75) is 25.9 Å². The third-order valence-corrected chi connectivity index (χ3v) is 4.98. The van der Waals surface area contributed by atoms with E-state index in [1.807, 2.05) is 32.3 Å². The Bertz CT molecular complexity index is 721. The molecule has 0 radical (unpaired) electrons. The second-order valence-electron chi connectivity index (χ2n) is 5.59. The number of hydrogen-bond donors (Lipinski definition) is 1. The number of amides is 1. The number of carbonyl (C=O) groups excluding carboxylic acids is 1. The first-order valence-electron chi connectivity index (χ1n) is 7.02. The normalized spacial score (nSPS) is 21.5. The lowest BCUT2D eigenvalue weighted by molar-refractivity contribution is -0.142. The van der Waals surface area contributed by atoms with Crippen LogP contribution in [0.5, 0.6) is 0 Å². The van der Waals surface area contributed by atoms with Gasteiger partial charge >= 0.3 is 5.97 Å². The van der Waals surface area contributed by atoms with Crippen LogP contribution in [0, 0.1) is 12.8 Å². The van der Waals surface area contributed by atoms with Crippen molar-refractivity contribution < 1.29 is 14.7 Å². The summed E-state index contributed by atoms with van der Waals surface area (Å²) < 4.78 is 1.68. The van der Waals surface area contributed by atoms with E-state index in [1.165, 1.54) is 0 Å². The average Bonchev–Trinajstić information content (AvgIpc) is 3.12. The quantitative estimate of drug-likeness (QED) is 0.935. The summed E-state index contributed by atoms with van der Waals surface area (Å²) in [6.45, 7) is 2.37. The molecule has 0 aliphatic carbocycles. The van der Waals surface area contributed by atoms with Gasteiger partial charge in [0.1, 0.15) is 0 Å². The Morgan fingerprint density at radius 3 is 2.82 bits per heavy atom. The molecule has 0 bridgehead atoms. The summed E-state index contributed by atoms with van der Waals surface area (Å²) in [6, 6.07) is 3.49. The van der Waals surface area contributed by atoms with Gasteiger partial charge in [-0.25, -0.2) is 0 Å². The molecule has 0 unspecified atom stereocenters. The van der Waals surface area contributed by atoms with E-state index in [9.17, 15) is 14.7 Å². The molecule has 0 aromatic carbocycles. The van der Waals surface area contributed by atoms with Crippen molar-refractivity contribution in [2.75, 3.05) is 0 Å². The van der Waals surface area contributed by atoms with Gasteiger partial charge in [-0.15, -0.1) is 11.3 Å². The van der Waals surface area contributed by atoms with E-state index < -0.39 is 17.9 Å². The lowest BCUT2D eigenvalue weighted by atomic mass is 9.99. The second-order valence-corrected chi connectivity index (χ2v) is 6.91. The first-order chi connectivity index (χ1) is 10.5. The predicted octanol–water partition coefficient (Wildman–Crippen LogP) is 1.96. The van der Waals surface area contributed by atoms with Crippen molar-refractivity contribution in [3.63, 3.8) is 0 Å². The summed E-state index contributed by atoms with van der Waals surface area (Å²) in [7, 11) is 1.81. The number of nitrogens with zero attached hydrogens (tertiary/aromatic N) is 3. The van der Waals surface area contributed by atoms with Crippen molar-refractivity contribution in [1.29, 1.82) is 0 Å². The van der Waals surface area contributed by atoms with Gasteiger partial charge < -0.3 is 10.0 Å². The minimum atomic E-state index is -0.918. The lowest BCUT2D eigenvalue weighted by Gasteiger charge is -2.25. The zero-order valence-electron chi connectivity index (χ0n) is 12.4. The Balaban J connectivity index is 1.94. The fourth-order valence-corrected chi connectivity index (χ4v) is 3.97. The van der Waals surface area contributed by atoms with Crippen molar-refractivity contribution in [3.8, 4) is 0 Å². The van der Waals surface area contributed by atoms with Gasteiger partial charge in [0, 0.05) is 41.5 Å². The Morgan fingerprint density at radius 1 is 1.50 bits per heavy atom. The maximum atomic E-state index is 12.3. The van der Waals surface area contributed by atoms with Crippen molar-refractivity contribution in [1.82, 2.24) is 14.7 Å². The molecule has 2 atom stereocenters. The zero-order valence-corrected chi connectivity index (χ0v) is 13.2. The average molecular weight is 319 g/mol. The molecule has 6 nitrogen and oxygen atoms in total. The first-order valence-corrected chi connectivity index (χ1v) is 7.83. The molecule has 3 heterocycles. The van der Waals surface area contributed by atoms with E-state index in [4.69, 9.17) is 0 Å². The van der Waals surface area contributed by atoms with Crippen LogP contribution in [-0.4, -0.2) is 31.7 Å². The summed E-state index contributed by atoms with van der Waals surface area (Å²) in [6.07, 6.45) is 3.60. The van der Waals surface area contributed by atoms with Crippen LogP contribution in [0.1, 0.15) is 27.8 Å². The van der Waals surface area contributed by atoms with Gasteiger partial charge in [0.05, 0.1) is 18.2 Å². The van der Waals surface area contributed by atoms with Gasteiger partial charge in [0.2, 0.25) is 5.91 Å². The standard InChI is InChI=1S/C15H17N3O3S/c1-9-3-4-12(22-9)14-11(15(20)21)5-13(19)18(14)8-10-6-16-17(2)7-10/h3-4,6-7,11,14H,5,8H2,1-2H3,(H,20,21)/t11-,14+/m0/s1. The molecule has 1 aliphatic heterocycles. The molecule has 7 heteroatoms. The first kappa shape index (κ1) is 14.8. The van der Waals surface area contributed by atoms with E-state index in [1.54, 1.807) is 27.1 Å². The Labute approximate surface area is 132 Å². The number of aromatic nitrogens is 2. The molecule has 22 heavy (non-hydrogen) atoms. The third kappa shape index (κ3) is 2.64. The number of aryl methyl sites for hydroxylation is 2. The highest BCUT2D eigenvalue weighted by Crippen LogP contribution is 2.41. The van der Waals surface area contributed by atoms with Gasteiger partial charge in [-0.1, -0.05) is 0 Å². The zero-order chi connectivity index (χ0) is 15.9. The number of thiophene rings is 1. The van der Waals surface area contributed by atoms with Gasteiger partial charge in [0.25, 0.3) is 0 Å². The van der Waals surface area contributed by atoms with Gasteiger partial charge in [-0.2, -0.15) is 5.10 Å². The number of carboxylic acid groups (broad SMARTS) is 1. The number of aliphatic carboxylic acids is 1. The molecule has 1 saturated heterocycles. The van der Waals surface area contributed by atoms with Crippen molar-refractivity contribution in [3.05, 3.63) is 39.8 Å². The third-order valence-electron chi connectivity index (χ3n) is 3.91. The molecule has 0 spiro atoms. The molecule has 1 N–H and O–H groups in total. The number of carbonyl (C=O) groups is 2. The van der Waals surface area contributed by atoms with E-state index >= 15 is 0 Å². The van der Waals surface area contributed by atoms with Crippen LogP contribution in [0.3, 0.4) is 0 Å². The lowest BCUT2D eigenvalue weighted by Crippen LogP contribution is -2.29. The fourth-order valence-electron chi connectivity index (χ4n) is 2.91. The highest BCUT2D eigenvalue weighted by atomic mass is 32.1. The van der Waals surface area contributed by atoms with Gasteiger partial charge in [0.15, 0.2) is 0 Å². The summed E-state index contributed by atoms with van der Waals surface area (Å²) >= 11 is 1.55. The maximum absolute atomic E-state index is 12.3. The van der Waals surface area contributed by atoms with E-state index in [2.05, 4.69) is 5.10 Å². The van der Waals surface area contributed by atoms with Gasteiger partial charge in [-0.05, 0) is 19.1 Å². The minimum Gasteiger partial charge on any atom is -0.481 e. The van der Waals surface area contributed by atoms with Crippen LogP contribution < -0.4 is 0 Å². The molecular formula is C15H17N3O3S. The summed E-state index contributed by atoms with van der Waals surface area (Å²) in [4.78, 5) is 27.6. The Morgan fingerprint density at radius 2 is 2.27 bits per heavy atom. The van der Waals surface area contributed by atoms with E-state index in [-0.39, 0.29) is 12.3 Å². The van der Waals surface area contributed by atoms with Crippen LogP contribution in [0.2, 0.25) is 0 Å². The Kier molecular flexibility index (Phi) is 3.74. The molecule has 116 valence electrons. The maximum Gasteiger partial charge on any atom is 0.309 e. The van der Waals surface area contributed by atoms with Gasteiger partial charge in [-0.3, -0.25) is 14.3 Å². The van der Waals surface area contributed by atoms with Crippen LogP contribution in [-0.2, 0) is 23.2 Å². The molecule has 0 saturated carbocycles. The number of rotatable bonds is 4. The number of likely N-dealkylation sites (tertiary alicyclic amines) is 1. The number of carboxylic acids is 1. The Hall–Kier alpha value is -2.15. The highest BCUT2D eigenvalue weighted by Gasteiger charge is 2.45. The topological polar surface area (TPSA) is 75.4 Å². The molecule has 2 aromatic heterocycles. The molecule has 2 aromatic rings. The van der Waals surface area contributed by atoms with E-state index in [0.717, 1.165) is 15.3 Å². The largest absolute Gasteiger partial charge is 0.481 e. The highest BCUT2D eigenvalue weighted by molar-refractivity contribution is 7.12. The number of hydrogen-bond acceptors (Lipinski definition) is 4. The van der Waals surface area contributed by atoms with E-state index in [0.29, 0.717) is 6.54 Å². The molecule has 1 aliphatic rings. The molecular weight excluding hydrogens is 302 g/mol. The van der Waals surface area contributed by atoms with Crippen LogP contribution >= 0.6 is 11.3 Å². The SMILES string of the molecule is Cc1ccc([C@H]2[C@@H](C(=O)O)CC(=O)N2Cc2cnn(C)c2)s1. The van der Waals surface area contributed by atoms with Crippen molar-refractivity contribution >= 4 is 23.2 Å². The van der Waals surface area contributed by atoms with Crippen LogP contribution in [0.25, 0.3) is 0 Å². The predicted molar refractivity (Wildman–Crippen MR) is 81.3 cm³/mol. The van der Waals surface area contributed by atoms with Crippen LogP contribution in [0.4, 0.5) is 0 Å². The minimum absolute atomic E-state index is 0.0528. The second kappa shape index (κ2) is 5.57. The monoisotopic (exact) mass is 319 g/mol. The molecule has 3 rings (SSSR count). The fraction of sp³-hybridized carbons (Fsp3) is 0.400. The summed E-state index contributed by atoms with van der Waals surface area (Å²) in [5.74, 6) is -1.73. The van der Waals surface area contributed by atoms with Crippen molar-refractivity contribution in [2.24, 2.45) is 13.0 Å². The van der Waals surface area contributed by atoms with Crippen LogP contribution in [0.15, 0.2) is 24.5 Å².